The first-order chi connectivity index (χ1) is 17.1. The van der Waals surface area contributed by atoms with Gasteiger partial charge in [0.2, 0.25) is 0 Å². The molecule has 2 aliphatic rings. The fraction of sp³-hybridized carbons (Fsp3) is 0.280. The van der Waals surface area contributed by atoms with Gasteiger partial charge in [-0.3, -0.25) is 9.59 Å². The molecule has 9 nitrogen and oxygen atoms in total. The van der Waals surface area contributed by atoms with Gasteiger partial charge < -0.3 is 19.5 Å². The fourth-order valence-electron chi connectivity index (χ4n) is 4.68. The van der Waals surface area contributed by atoms with E-state index in [9.17, 15) is 9.59 Å². The van der Waals surface area contributed by atoms with E-state index in [0.717, 1.165) is 16.5 Å². The van der Waals surface area contributed by atoms with Crippen molar-refractivity contribution in [3.8, 4) is 0 Å². The van der Waals surface area contributed by atoms with Gasteiger partial charge in [0.05, 0.1) is 18.8 Å². The lowest BCUT2D eigenvalue weighted by atomic mass is 10.1. The fourth-order valence-corrected chi connectivity index (χ4v) is 4.81. The SMILES string of the molecule is O=C(c1ccc2cc[nH]c2c1)N1CCN(C(=O)c2nnn3c2CO[C@H](c2ccc(Cl)cc2)C3)CC1. The van der Waals surface area contributed by atoms with Crippen molar-refractivity contribution >= 4 is 34.3 Å². The molecule has 35 heavy (non-hydrogen) atoms. The van der Waals surface area contributed by atoms with Gasteiger partial charge in [-0.25, -0.2) is 4.68 Å². The average Bonchev–Trinajstić information content (AvgIpc) is 3.54. The van der Waals surface area contributed by atoms with Crippen molar-refractivity contribution in [2.45, 2.75) is 19.3 Å². The monoisotopic (exact) mass is 490 g/mol. The number of fused-ring (bicyclic) bond motifs is 2. The molecule has 1 fully saturated rings. The second-order valence-electron chi connectivity index (χ2n) is 8.78. The van der Waals surface area contributed by atoms with Crippen LogP contribution in [0.1, 0.15) is 38.2 Å². The lowest BCUT2D eigenvalue weighted by Gasteiger charge is -2.34. The van der Waals surface area contributed by atoms with E-state index in [4.69, 9.17) is 16.3 Å². The van der Waals surface area contributed by atoms with Crippen LogP contribution in [0, 0.1) is 0 Å². The summed E-state index contributed by atoms with van der Waals surface area (Å²) in [5, 5.41) is 10.1. The van der Waals surface area contributed by atoms with Gasteiger partial charge >= 0.3 is 0 Å². The van der Waals surface area contributed by atoms with Crippen LogP contribution in [0.5, 0.6) is 0 Å². The van der Waals surface area contributed by atoms with Gasteiger partial charge in [-0.05, 0) is 41.3 Å². The number of ether oxygens (including phenoxy) is 1. The first-order valence-electron chi connectivity index (χ1n) is 11.5. The number of carbonyl (C=O) groups is 2. The Morgan fingerprint density at radius 2 is 1.71 bits per heavy atom. The number of hydrogen-bond donors (Lipinski definition) is 1. The van der Waals surface area contributed by atoms with Crippen LogP contribution in [-0.2, 0) is 17.9 Å². The predicted molar refractivity (Wildman–Crippen MR) is 129 cm³/mol. The molecule has 1 atom stereocenters. The molecule has 2 amide bonds. The first kappa shape index (κ1) is 21.8. The highest BCUT2D eigenvalue weighted by atomic mass is 35.5. The summed E-state index contributed by atoms with van der Waals surface area (Å²) in [6.45, 7) is 2.54. The van der Waals surface area contributed by atoms with E-state index in [-0.39, 0.29) is 24.5 Å². The molecule has 1 saturated heterocycles. The molecule has 4 heterocycles. The van der Waals surface area contributed by atoms with Crippen molar-refractivity contribution < 1.29 is 14.3 Å². The van der Waals surface area contributed by atoms with Crippen LogP contribution in [0.3, 0.4) is 0 Å². The maximum Gasteiger partial charge on any atom is 0.276 e. The molecular formula is C25H23ClN6O3. The Balaban J connectivity index is 1.10. The van der Waals surface area contributed by atoms with Crippen LogP contribution < -0.4 is 0 Å². The van der Waals surface area contributed by atoms with Gasteiger partial charge in [0, 0.05) is 48.5 Å². The highest BCUT2D eigenvalue weighted by Crippen LogP contribution is 2.28. The summed E-state index contributed by atoms with van der Waals surface area (Å²) in [5.41, 5.74) is 3.57. The van der Waals surface area contributed by atoms with Crippen molar-refractivity contribution in [2.75, 3.05) is 26.2 Å². The molecule has 2 aromatic carbocycles. The topological polar surface area (TPSA) is 96.4 Å². The summed E-state index contributed by atoms with van der Waals surface area (Å²) in [6.07, 6.45) is 1.68. The minimum atomic E-state index is -0.181. The normalized spacial score (nSPS) is 18.0. The summed E-state index contributed by atoms with van der Waals surface area (Å²) in [7, 11) is 0. The van der Waals surface area contributed by atoms with Gasteiger partial charge in [-0.15, -0.1) is 5.10 Å². The summed E-state index contributed by atoms with van der Waals surface area (Å²) in [4.78, 5) is 32.9. The Morgan fingerprint density at radius 3 is 2.49 bits per heavy atom. The molecule has 0 bridgehead atoms. The second-order valence-corrected chi connectivity index (χ2v) is 9.22. The predicted octanol–water partition coefficient (Wildman–Crippen LogP) is 3.28. The number of aromatic amines is 1. The number of hydrogen-bond acceptors (Lipinski definition) is 5. The lowest BCUT2D eigenvalue weighted by molar-refractivity contribution is -0.00202. The molecule has 0 spiro atoms. The van der Waals surface area contributed by atoms with E-state index in [2.05, 4.69) is 15.3 Å². The van der Waals surface area contributed by atoms with Crippen LogP contribution in [0.4, 0.5) is 0 Å². The maximum atomic E-state index is 13.2. The third kappa shape index (κ3) is 4.06. The minimum absolute atomic E-state index is 0.0312. The zero-order chi connectivity index (χ0) is 23.9. The molecular weight excluding hydrogens is 468 g/mol. The average molecular weight is 491 g/mol. The van der Waals surface area contributed by atoms with Crippen LogP contribution in [-0.4, -0.2) is 67.8 Å². The highest BCUT2D eigenvalue weighted by Gasteiger charge is 2.32. The van der Waals surface area contributed by atoms with Gasteiger partial charge in [0.25, 0.3) is 11.8 Å². The van der Waals surface area contributed by atoms with E-state index in [1.54, 1.807) is 14.5 Å². The molecule has 10 heteroatoms. The summed E-state index contributed by atoms with van der Waals surface area (Å²) in [6, 6.07) is 15.1. The van der Waals surface area contributed by atoms with Crippen LogP contribution in [0.25, 0.3) is 10.9 Å². The van der Waals surface area contributed by atoms with Crippen LogP contribution in [0.15, 0.2) is 54.7 Å². The van der Waals surface area contributed by atoms with Crippen LogP contribution >= 0.6 is 11.6 Å². The molecule has 4 aromatic rings. The Bertz CT molecular complexity index is 1400. The van der Waals surface area contributed by atoms with Crippen LogP contribution in [0.2, 0.25) is 5.02 Å². The number of carbonyl (C=O) groups excluding carboxylic acids is 2. The number of halogens is 1. The molecule has 0 saturated carbocycles. The molecule has 0 aliphatic carbocycles. The molecule has 178 valence electrons. The Hall–Kier alpha value is -3.69. The lowest BCUT2D eigenvalue weighted by Crippen LogP contribution is -2.50. The molecule has 1 N–H and O–H groups in total. The quantitative estimate of drug-likeness (QED) is 0.475. The minimum Gasteiger partial charge on any atom is -0.365 e. The Labute approximate surface area is 206 Å². The van der Waals surface area contributed by atoms with Gasteiger partial charge in [0.15, 0.2) is 5.69 Å². The number of rotatable bonds is 3. The standard InChI is InChI=1S/C25H23ClN6O3/c26-19-5-3-17(4-6-19)22-14-32-21(15-35-22)23(28-29-32)25(34)31-11-9-30(10-12-31)24(33)18-2-1-16-7-8-27-20(16)13-18/h1-8,13,22,27H,9-12,14-15H2/t22-/m0/s1. The smallest absolute Gasteiger partial charge is 0.276 e. The second kappa shape index (κ2) is 8.83. The number of piperazine rings is 1. The maximum absolute atomic E-state index is 13.2. The molecule has 2 aliphatic heterocycles. The van der Waals surface area contributed by atoms with Crippen molar-refractivity contribution in [3.05, 3.63) is 82.3 Å². The summed E-state index contributed by atoms with van der Waals surface area (Å²) >= 11 is 5.98. The van der Waals surface area contributed by atoms with E-state index >= 15 is 0 Å². The molecule has 0 unspecified atom stereocenters. The number of nitrogens with one attached hydrogen (secondary N) is 1. The van der Waals surface area contributed by atoms with E-state index in [1.807, 2.05) is 54.7 Å². The third-order valence-corrected chi connectivity index (χ3v) is 6.95. The number of H-pyrrole nitrogens is 1. The third-order valence-electron chi connectivity index (χ3n) is 6.70. The summed E-state index contributed by atoms with van der Waals surface area (Å²) in [5.74, 6) is -0.212. The largest absolute Gasteiger partial charge is 0.365 e. The van der Waals surface area contributed by atoms with Gasteiger partial charge in [0.1, 0.15) is 6.10 Å². The number of nitrogens with zero attached hydrogens (tertiary/aromatic N) is 5. The molecule has 2 aromatic heterocycles. The number of benzene rings is 2. The molecule has 0 radical (unpaired) electrons. The Kier molecular flexibility index (Phi) is 5.50. The Morgan fingerprint density at radius 1 is 0.971 bits per heavy atom. The van der Waals surface area contributed by atoms with Crippen molar-refractivity contribution in [3.63, 3.8) is 0 Å². The molecule has 6 rings (SSSR count). The van der Waals surface area contributed by atoms with Crippen molar-refractivity contribution in [1.82, 2.24) is 29.8 Å². The van der Waals surface area contributed by atoms with Crippen molar-refractivity contribution in [1.29, 1.82) is 0 Å². The van der Waals surface area contributed by atoms with E-state index in [0.29, 0.717) is 54.7 Å². The zero-order valence-corrected chi connectivity index (χ0v) is 19.6. The number of aromatic nitrogens is 4. The van der Waals surface area contributed by atoms with Crippen molar-refractivity contribution in [2.24, 2.45) is 0 Å². The highest BCUT2D eigenvalue weighted by molar-refractivity contribution is 6.30. The summed E-state index contributed by atoms with van der Waals surface area (Å²) < 4.78 is 7.76. The van der Waals surface area contributed by atoms with E-state index < -0.39 is 0 Å². The van der Waals surface area contributed by atoms with Gasteiger partial charge in [-0.1, -0.05) is 35.0 Å². The first-order valence-corrected chi connectivity index (χ1v) is 11.9. The number of amides is 2. The van der Waals surface area contributed by atoms with E-state index in [1.165, 1.54) is 0 Å². The zero-order valence-electron chi connectivity index (χ0n) is 18.9. The van der Waals surface area contributed by atoms with Gasteiger partial charge in [-0.2, -0.15) is 0 Å².